The fraction of sp³-hybridized carbons (Fsp3) is 0.310. The standard InChI is InChI=1S/C29H33N5O2/c30-22-11-13-23(14-12-22)33-29(35)27-16-20-9-10-21(28(31)32)17-26(20)34(27)18-19-5-4-8-25(15-19)36-24-6-2-1-3-7-24/h1-10,15,17,22-23,27H,11-14,16,18,30H2,(H3,31,32)(H,33,35)/t22-,23-,27?. The van der Waals surface area contributed by atoms with Gasteiger partial charge in [-0.2, -0.15) is 0 Å². The van der Waals surface area contributed by atoms with Crippen LogP contribution in [0.15, 0.2) is 72.8 Å². The highest BCUT2D eigenvalue weighted by Crippen LogP contribution is 2.35. The number of hydrogen-bond acceptors (Lipinski definition) is 5. The lowest BCUT2D eigenvalue weighted by Gasteiger charge is -2.31. The molecule has 36 heavy (non-hydrogen) atoms. The summed E-state index contributed by atoms with van der Waals surface area (Å²) in [5.41, 5.74) is 15.6. The molecule has 0 aromatic heterocycles. The van der Waals surface area contributed by atoms with Gasteiger partial charge in [0.25, 0.3) is 0 Å². The first-order valence-electron chi connectivity index (χ1n) is 12.6. The predicted octanol–water partition coefficient (Wildman–Crippen LogP) is 4.08. The largest absolute Gasteiger partial charge is 0.457 e. The summed E-state index contributed by atoms with van der Waals surface area (Å²) >= 11 is 0. The molecule has 186 valence electrons. The van der Waals surface area contributed by atoms with E-state index in [2.05, 4.69) is 10.2 Å². The minimum absolute atomic E-state index is 0.0162. The second-order valence-electron chi connectivity index (χ2n) is 9.79. The molecular weight excluding hydrogens is 450 g/mol. The van der Waals surface area contributed by atoms with Crippen LogP contribution >= 0.6 is 0 Å². The molecule has 1 saturated carbocycles. The average molecular weight is 484 g/mol. The number of para-hydroxylation sites is 1. The van der Waals surface area contributed by atoms with Crippen LogP contribution in [0.2, 0.25) is 0 Å². The molecule has 1 aliphatic heterocycles. The van der Waals surface area contributed by atoms with Gasteiger partial charge in [-0.15, -0.1) is 0 Å². The Kier molecular flexibility index (Phi) is 6.91. The average Bonchev–Trinajstić information content (AvgIpc) is 3.24. The highest BCUT2D eigenvalue weighted by atomic mass is 16.5. The molecule has 1 atom stereocenters. The maximum absolute atomic E-state index is 13.5. The van der Waals surface area contributed by atoms with E-state index in [4.69, 9.17) is 21.6 Å². The molecule has 6 N–H and O–H groups in total. The Bertz CT molecular complexity index is 1240. The number of rotatable bonds is 7. The maximum atomic E-state index is 13.5. The Labute approximate surface area is 211 Å². The van der Waals surface area contributed by atoms with E-state index < -0.39 is 0 Å². The summed E-state index contributed by atoms with van der Waals surface area (Å²) < 4.78 is 6.03. The Hall–Kier alpha value is -3.84. The summed E-state index contributed by atoms with van der Waals surface area (Å²) in [5, 5.41) is 11.2. The van der Waals surface area contributed by atoms with Crippen LogP contribution in [0, 0.1) is 5.41 Å². The van der Waals surface area contributed by atoms with Crippen LogP contribution < -0.4 is 26.4 Å². The Balaban J connectivity index is 1.39. The Morgan fingerprint density at radius 3 is 2.47 bits per heavy atom. The van der Waals surface area contributed by atoms with Gasteiger partial charge in [0.15, 0.2) is 0 Å². The zero-order valence-electron chi connectivity index (χ0n) is 20.3. The van der Waals surface area contributed by atoms with Crippen molar-refractivity contribution in [3.63, 3.8) is 0 Å². The molecule has 3 aromatic carbocycles. The van der Waals surface area contributed by atoms with E-state index in [1.54, 1.807) is 0 Å². The van der Waals surface area contributed by atoms with Gasteiger partial charge in [0.05, 0.1) is 0 Å². The van der Waals surface area contributed by atoms with E-state index in [-0.39, 0.29) is 29.9 Å². The van der Waals surface area contributed by atoms with E-state index in [0.717, 1.165) is 54.0 Å². The van der Waals surface area contributed by atoms with Crippen LogP contribution in [-0.4, -0.2) is 29.9 Å². The van der Waals surface area contributed by atoms with Crippen LogP contribution in [-0.2, 0) is 17.8 Å². The Morgan fingerprint density at radius 2 is 1.72 bits per heavy atom. The molecule has 1 heterocycles. The molecule has 0 spiro atoms. The van der Waals surface area contributed by atoms with Crippen molar-refractivity contribution < 1.29 is 9.53 Å². The summed E-state index contributed by atoms with van der Waals surface area (Å²) in [7, 11) is 0. The minimum atomic E-state index is -0.337. The SMILES string of the molecule is N=C(N)c1ccc2c(c1)N(Cc1cccc(Oc3ccccc3)c1)C(C(=O)N[C@H]1CC[C@H](N)CC1)C2. The molecule has 1 amide bonds. The molecule has 1 unspecified atom stereocenters. The lowest BCUT2D eigenvalue weighted by Crippen LogP contribution is -2.49. The quantitative estimate of drug-likeness (QED) is 0.298. The van der Waals surface area contributed by atoms with Crippen molar-refractivity contribution in [2.75, 3.05) is 4.90 Å². The first kappa shape index (κ1) is 23.9. The first-order valence-corrected chi connectivity index (χ1v) is 12.6. The number of amides is 1. The summed E-state index contributed by atoms with van der Waals surface area (Å²) in [4.78, 5) is 15.6. The predicted molar refractivity (Wildman–Crippen MR) is 142 cm³/mol. The number of ether oxygens (including phenoxy) is 1. The van der Waals surface area contributed by atoms with E-state index in [1.807, 2.05) is 72.8 Å². The number of nitrogens with one attached hydrogen (secondary N) is 2. The number of carbonyl (C=O) groups excluding carboxylic acids is 1. The van der Waals surface area contributed by atoms with Gasteiger partial charge < -0.3 is 26.4 Å². The van der Waals surface area contributed by atoms with Crippen LogP contribution in [0.4, 0.5) is 5.69 Å². The maximum Gasteiger partial charge on any atom is 0.243 e. The van der Waals surface area contributed by atoms with Crippen LogP contribution in [0.3, 0.4) is 0 Å². The summed E-state index contributed by atoms with van der Waals surface area (Å²) in [5.74, 6) is 1.57. The topological polar surface area (TPSA) is 117 Å². The third-order valence-corrected chi connectivity index (χ3v) is 7.15. The smallest absolute Gasteiger partial charge is 0.243 e. The molecule has 5 rings (SSSR count). The van der Waals surface area contributed by atoms with E-state index in [9.17, 15) is 4.79 Å². The second kappa shape index (κ2) is 10.4. The number of nitrogens with zero attached hydrogens (tertiary/aromatic N) is 1. The second-order valence-corrected chi connectivity index (χ2v) is 9.79. The summed E-state index contributed by atoms with van der Waals surface area (Å²) in [6.07, 6.45) is 4.33. The van der Waals surface area contributed by atoms with Gasteiger partial charge in [-0.05, 0) is 67.1 Å². The molecule has 0 radical (unpaired) electrons. The van der Waals surface area contributed by atoms with Crippen molar-refractivity contribution in [2.24, 2.45) is 11.5 Å². The number of anilines is 1. The monoisotopic (exact) mass is 483 g/mol. The number of fused-ring (bicyclic) bond motifs is 1. The zero-order valence-corrected chi connectivity index (χ0v) is 20.3. The third kappa shape index (κ3) is 5.36. The van der Waals surface area contributed by atoms with Crippen molar-refractivity contribution in [2.45, 2.75) is 56.8 Å². The number of carbonyl (C=O) groups is 1. The van der Waals surface area contributed by atoms with E-state index in [0.29, 0.717) is 18.5 Å². The first-order chi connectivity index (χ1) is 17.5. The lowest BCUT2D eigenvalue weighted by atomic mass is 9.91. The van der Waals surface area contributed by atoms with Gasteiger partial charge in [-0.3, -0.25) is 10.2 Å². The van der Waals surface area contributed by atoms with Gasteiger partial charge in [0.1, 0.15) is 23.4 Å². The van der Waals surface area contributed by atoms with Gasteiger partial charge in [0, 0.05) is 36.3 Å². The van der Waals surface area contributed by atoms with Gasteiger partial charge >= 0.3 is 0 Å². The van der Waals surface area contributed by atoms with Crippen molar-refractivity contribution in [3.05, 3.63) is 89.5 Å². The summed E-state index contributed by atoms with van der Waals surface area (Å²) in [6, 6.07) is 23.5. The van der Waals surface area contributed by atoms with E-state index >= 15 is 0 Å². The van der Waals surface area contributed by atoms with Crippen molar-refractivity contribution in [1.82, 2.24) is 5.32 Å². The fourth-order valence-corrected chi connectivity index (χ4v) is 5.18. The van der Waals surface area contributed by atoms with Gasteiger partial charge in [-0.1, -0.05) is 42.5 Å². The van der Waals surface area contributed by atoms with Crippen molar-refractivity contribution >= 4 is 17.4 Å². The van der Waals surface area contributed by atoms with Crippen LogP contribution in [0.1, 0.15) is 42.4 Å². The number of amidine groups is 1. The molecule has 7 heteroatoms. The fourth-order valence-electron chi connectivity index (χ4n) is 5.18. The van der Waals surface area contributed by atoms with E-state index in [1.165, 1.54) is 0 Å². The number of nitrogen functional groups attached to an aromatic ring is 1. The lowest BCUT2D eigenvalue weighted by molar-refractivity contribution is -0.123. The molecule has 0 saturated heterocycles. The molecule has 7 nitrogen and oxygen atoms in total. The zero-order chi connectivity index (χ0) is 25.1. The number of nitrogens with two attached hydrogens (primary N) is 2. The molecule has 1 fully saturated rings. The molecule has 2 aliphatic rings. The van der Waals surface area contributed by atoms with Gasteiger partial charge in [-0.25, -0.2) is 0 Å². The van der Waals surface area contributed by atoms with Gasteiger partial charge in [0.2, 0.25) is 5.91 Å². The summed E-state index contributed by atoms with van der Waals surface area (Å²) in [6.45, 7) is 0.536. The Morgan fingerprint density at radius 1 is 0.972 bits per heavy atom. The minimum Gasteiger partial charge on any atom is -0.457 e. The molecule has 0 bridgehead atoms. The third-order valence-electron chi connectivity index (χ3n) is 7.15. The molecule has 1 aliphatic carbocycles. The van der Waals surface area contributed by atoms with Crippen LogP contribution in [0.25, 0.3) is 0 Å². The normalized spacial score (nSPS) is 21.0. The van der Waals surface area contributed by atoms with Crippen LogP contribution in [0.5, 0.6) is 11.5 Å². The molecular formula is C29H33N5O2. The molecule has 3 aromatic rings. The van der Waals surface area contributed by atoms with Crippen molar-refractivity contribution in [1.29, 1.82) is 5.41 Å². The highest BCUT2D eigenvalue weighted by Gasteiger charge is 2.36. The number of hydrogen-bond donors (Lipinski definition) is 4. The van der Waals surface area contributed by atoms with Crippen molar-refractivity contribution in [3.8, 4) is 11.5 Å². The number of benzene rings is 3. The highest BCUT2D eigenvalue weighted by molar-refractivity contribution is 5.97.